The quantitative estimate of drug-likeness (QED) is 0.617. The van der Waals surface area contributed by atoms with Crippen LogP contribution in [-0.2, 0) is 16.9 Å². The number of alkyl halides is 3. The summed E-state index contributed by atoms with van der Waals surface area (Å²) in [6.07, 6.45) is -1.24. The van der Waals surface area contributed by atoms with Crippen LogP contribution in [0.2, 0.25) is 0 Å². The molecule has 0 spiro atoms. The van der Waals surface area contributed by atoms with Gasteiger partial charge in [0.05, 0.1) is 6.54 Å². The average molecular weight is 463 g/mol. The van der Waals surface area contributed by atoms with Crippen molar-refractivity contribution in [2.45, 2.75) is 38.6 Å². The molecule has 0 aliphatic carbocycles. The average Bonchev–Trinajstić information content (AvgIpc) is 3.03. The molecule has 1 unspecified atom stereocenters. The zero-order valence-electron chi connectivity index (χ0n) is 18.4. The molecule has 0 radical (unpaired) electrons. The summed E-state index contributed by atoms with van der Waals surface area (Å²) in [5, 5.41) is 0.345. The summed E-state index contributed by atoms with van der Waals surface area (Å²) < 4.78 is 54.5. The van der Waals surface area contributed by atoms with Gasteiger partial charge in [0.25, 0.3) is 5.91 Å². The molecule has 1 atom stereocenters. The molecule has 1 aromatic carbocycles. The van der Waals surface area contributed by atoms with Crippen molar-refractivity contribution in [3.8, 4) is 5.88 Å². The fourth-order valence-electron chi connectivity index (χ4n) is 4.05. The summed E-state index contributed by atoms with van der Waals surface area (Å²) in [6, 6.07) is 4.97. The second-order valence-corrected chi connectivity index (χ2v) is 7.92. The predicted molar refractivity (Wildman–Crippen MR) is 116 cm³/mol. The van der Waals surface area contributed by atoms with Crippen molar-refractivity contribution < 1.29 is 27.4 Å². The Morgan fingerprint density at radius 3 is 2.70 bits per heavy atom. The number of aryl methyl sites for hydroxylation is 1. The lowest BCUT2D eigenvalue weighted by Crippen LogP contribution is -2.41. The maximum atomic E-state index is 14.1. The van der Waals surface area contributed by atoms with Gasteiger partial charge in [0, 0.05) is 42.0 Å². The number of nitrogen functional groups attached to an aromatic ring is 1. The number of halogens is 3. The van der Waals surface area contributed by atoms with Gasteiger partial charge in [-0.2, -0.15) is 13.2 Å². The largest absolute Gasteiger partial charge is 0.475 e. The normalized spacial score (nSPS) is 16.3. The summed E-state index contributed by atoms with van der Waals surface area (Å²) in [6.45, 7) is 3.77. The number of carbonyl (C=O) groups excluding carboxylic acids is 1. The molecule has 4 rings (SSSR count). The molecule has 33 heavy (non-hydrogen) atoms. The van der Waals surface area contributed by atoms with Gasteiger partial charge in [-0.25, -0.2) is 9.97 Å². The van der Waals surface area contributed by atoms with Gasteiger partial charge in [-0.15, -0.1) is 0 Å². The highest BCUT2D eigenvalue weighted by molar-refractivity contribution is 6.11. The van der Waals surface area contributed by atoms with Crippen LogP contribution in [0.4, 0.5) is 24.7 Å². The van der Waals surface area contributed by atoms with Crippen molar-refractivity contribution in [1.82, 2.24) is 14.5 Å². The number of nitrogens with zero attached hydrogens (tertiary/aromatic N) is 4. The van der Waals surface area contributed by atoms with E-state index in [-0.39, 0.29) is 36.0 Å². The standard InChI is InChI=1S/C22H24F3N5O3/c1-4-7-29-11-15(21(2,32-3)22(23,24)25)14-10-13(5-6-16(14)29)30-8-9-33-19-17(20(30)31)18(26)27-12-28-19/h5-6,10-12H,4,7-9H2,1-3H3,(H2,26,27,28). The number of hydrogen-bond acceptors (Lipinski definition) is 6. The summed E-state index contributed by atoms with van der Waals surface area (Å²) >= 11 is 0. The van der Waals surface area contributed by atoms with Gasteiger partial charge >= 0.3 is 6.18 Å². The number of benzene rings is 1. The van der Waals surface area contributed by atoms with Gasteiger partial charge in [-0.05, 0) is 31.5 Å². The minimum atomic E-state index is -4.65. The molecule has 1 amide bonds. The molecule has 0 saturated heterocycles. The number of amides is 1. The summed E-state index contributed by atoms with van der Waals surface area (Å²) in [4.78, 5) is 22.5. The van der Waals surface area contributed by atoms with Gasteiger partial charge in [0.2, 0.25) is 5.88 Å². The molecule has 3 heterocycles. The highest BCUT2D eigenvalue weighted by atomic mass is 19.4. The molecule has 0 bridgehead atoms. The van der Waals surface area contributed by atoms with Crippen molar-refractivity contribution in [2.24, 2.45) is 0 Å². The Hall–Kier alpha value is -3.34. The maximum absolute atomic E-state index is 14.1. The molecule has 11 heteroatoms. The van der Waals surface area contributed by atoms with E-state index in [9.17, 15) is 18.0 Å². The lowest BCUT2D eigenvalue weighted by molar-refractivity contribution is -0.268. The Morgan fingerprint density at radius 1 is 1.27 bits per heavy atom. The number of methoxy groups -OCH3 is 1. The Balaban J connectivity index is 1.89. The van der Waals surface area contributed by atoms with Gasteiger partial charge in [-0.3, -0.25) is 4.79 Å². The van der Waals surface area contributed by atoms with Crippen molar-refractivity contribution in [1.29, 1.82) is 0 Å². The van der Waals surface area contributed by atoms with Crippen LogP contribution in [0.25, 0.3) is 10.9 Å². The fourth-order valence-corrected chi connectivity index (χ4v) is 4.05. The first-order valence-corrected chi connectivity index (χ1v) is 10.4. The molecular formula is C22H24F3N5O3. The van der Waals surface area contributed by atoms with Gasteiger partial charge in [0.1, 0.15) is 24.3 Å². The third-order valence-electron chi connectivity index (χ3n) is 5.96. The third kappa shape index (κ3) is 3.65. The number of carbonyl (C=O) groups is 1. The second-order valence-electron chi connectivity index (χ2n) is 7.92. The smallest absolute Gasteiger partial charge is 0.421 e. The number of nitrogens with two attached hydrogens (primary N) is 1. The highest BCUT2D eigenvalue weighted by Crippen LogP contribution is 2.45. The lowest BCUT2D eigenvalue weighted by Gasteiger charge is -2.30. The Kier molecular flexibility index (Phi) is 5.69. The van der Waals surface area contributed by atoms with Crippen LogP contribution in [0.5, 0.6) is 5.88 Å². The van der Waals surface area contributed by atoms with Crippen LogP contribution in [0.1, 0.15) is 36.2 Å². The number of hydrogen-bond donors (Lipinski definition) is 1. The van der Waals surface area contributed by atoms with Crippen LogP contribution in [0, 0.1) is 0 Å². The van der Waals surface area contributed by atoms with Gasteiger partial charge < -0.3 is 24.7 Å². The van der Waals surface area contributed by atoms with Crippen molar-refractivity contribution in [2.75, 3.05) is 30.9 Å². The molecule has 3 aromatic rings. The summed E-state index contributed by atoms with van der Waals surface area (Å²) in [5.41, 5.74) is 4.39. The topological polar surface area (TPSA) is 95.5 Å². The molecule has 1 aliphatic rings. The van der Waals surface area contributed by atoms with Crippen LogP contribution < -0.4 is 15.4 Å². The minimum absolute atomic E-state index is 0.0235. The zero-order chi connectivity index (χ0) is 24.0. The van der Waals surface area contributed by atoms with E-state index >= 15 is 0 Å². The van der Waals surface area contributed by atoms with E-state index in [1.54, 1.807) is 22.8 Å². The molecule has 1 aliphatic heterocycles. The highest BCUT2D eigenvalue weighted by Gasteiger charge is 2.54. The molecular weight excluding hydrogens is 439 g/mol. The van der Waals surface area contributed by atoms with Crippen molar-refractivity contribution in [3.63, 3.8) is 0 Å². The van der Waals surface area contributed by atoms with Crippen molar-refractivity contribution >= 4 is 28.3 Å². The number of aromatic nitrogens is 3. The summed E-state index contributed by atoms with van der Waals surface area (Å²) in [5.74, 6) is -0.438. The van der Waals surface area contributed by atoms with Gasteiger partial charge in [-0.1, -0.05) is 6.92 Å². The Morgan fingerprint density at radius 2 is 2.03 bits per heavy atom. The van der Waals surface area contributed by atoms with Crippen LogP contribution in [0.15, 0.2) is 30.7 Å². The molecule has 8 nitrogen and oxygen atoms in total. The van der Waals surface area contributed by atoms with Crippen LogP contribution in [0.3, 0.4) is 0 Å². The first kappa shape index (κ1) is 22.8. The van der Waals surface area contributed by atoms with E-state index in [0.29, 0.717) is 23.1 Å². The fraction of sp³-hybridized carbons (Fsp3) is 0.409. The van der Waals surface area contributed by atoms with E-state index in [1.165, 1.54) is 17.4 Å². The van der Waals surface area contributed by atoms with Crippen LogP contribution in [-0.4, -0.2) is 46.9 Å². The molecule has 0 fully saturated rings. The van der Waals surface area contributed by atoms with Crippen molar-refractivity contribution in [3.05, 3.63) is 41.9 Å². The van der Waals surface area contributed by atoms with Crippen LogP contribution >= 0.6 is 0 Å². The van der Waals surface area contributed by atoms with E-state index in [2.05, 4.69) is 9.97 Å². The zero-order valence-corrected chi connectivity index (χ0v) is 18.4. The number of anilines is 2. The first-order valence-electron chi connectivity index (χ1n) is 10.4. The third-order valence-corrected chi connectivity index (χ3v) is 5.96. The minimum Gasteiger partial charge on any atom is -0.475 e. The van der Waals surface area contributed by atoms with E-state index < -0.39 is 17.7 Å². The maximum Gasteiger partial charge on any atom is 0.421 e. The number of rotatable bonds is 5. The number of fused-ring (bicyclic) bond motifs is 2. The predicted octanol–water partition coefficient (Wildman–Crippen LogP) is 3.89. The van der Waals surface area contributed by atoms with E-state index in [4.69, 9.17) is 15.2 Å². The second kappa shape index (κ2) is 8.22. The number of ether oxygens (including phenoxy) is 2. The van der Waals surface area contributed by atoms with Gasteiger partial charge in [0.15, 0.2) is 5.60 Å². The van der Waals surface area contributed by atoms with E-state index in [0.717, 1.165) is 20.5 Å². The molecule has 0 saturated carbocycles. The SMILES string of the molecule is CCCn1cc(C(C)(OC)C(F)(F)F)c2cc(N3CCOc4ncnc(N)c4C3=O)ccc21. The monoisotopic (exact) mass is 463 g/mol. The summed E-state index contributed by atoms with van der Waals surface area (Å²) in [7, 11) is 1.04. The molecule has 176 valence electrons. The Bertz CT molecular complexity index is 1210. The first-order chi connectivity index (χ1) is 15.6. The molecule has 2 N–H and O–H groups in total. The Labute approximate surface area is 188 Å². The van der Waals surface area contributed by atoms with E-state index in [1.807, 2.05) is 6.92 Å². The molecule has 2 aromatic heterocycles. The lowest BCUT2D eigenvalue weighted by atomic mass is 9.94.